The van der Waals surface area contributed by atoms with Crippen LogP contribution in [0.25, 0.3) is 0 Å². The van der Waals surface area contributed by atoms with Gasteiger partial charge < -0.3 is 10.2 Å². The van der Waals surface area contributed by atoms with Gasteiger partial charge in [0.2, 0.25) is 0 Å². The SMILES string of the molecule is O=C(c1ccc(N2CCNC2=O)cc1)N1CCN(Cc2ccc(Br)s2)CC1. The van der Waals surface area contributed by atoms with E-state index in [1.807, 2.05) is 29.2 Å². The fourth-order valence-electron chi connectivity index (χ4n) is 3.45. The van der Waals surface area contributed by atoms with E-state index in [4.69, 9.17) is 0 Å². The fourth-order valence-corrected chi connectivity index (χ4v) is 4.98. The Kier molecular flexibility index (Phi) is 5.47. The molecule has 2 aliphatic rings. The highest BCUT2D eigenvalue weighted by molar-refractivity contribution is 9.11. The molecule has 2 aliphatic heterocycles. The topological polar surface area (TPSA) is 55.9 Å². The van der Waals surface area contributed by atoms with E-state index in [2.05, 4.69) is 38.3 Å². The summed E-state index contributed by atoms with van der Waals surface area (Å²) in [6.07, 6.45) is 0. The van der Waals surface area contributed by atoms with Gasteiger partial charge in [0.15, 0.2) is 0 Å². The minimum Gasteiger partial charge on any atom is -0.336 e. The molecule has 6 nitrogen and oxygen atoms in total. The third-order valence-corrected chi connectivity index (χ3v) is 6.56. The second kappa shape index (κ2) is 8.00. The van der Waals surface area contributed by atoms with E-state index in [9.17, 15) is 9.59 Å². The van der Waals surface area contributed by atoms with Gasteiger partial charge in [-0.25, -0.2) is 4.79 Å². The Labute approximate surface area is 170 Å². The lowest BCUT2D eigenvalue weighted by Gasteiger charge is -2.34. The molecule has 3 amide bonds. The van der Waals surface area contributed by atoms with Crippen molar-refractivity contribution in [1.29, 1.82) is 0 Å². The van der Waals surface area contributed by atoms with Crippen molar-refractivity contribution in [3.63, 3.8) is 0 Å². The van der Waals surface area contributed by atoms with Crippen LogP contribution in [0.4, 0.5) is 10.5 Å². The summed E-state index contributed by atoms with van der Waals surface area (Å²) >= 11 is 5.26. The second-order valence-electron chi connectivity index (χ2n) is 6.70. The summed E-state index contributed by atoms with van der Waals surface area (Å²) in [5, 5.41) is 2.79. The molecule has 0 atom stereocenters. The van der Waals surface area contributed by atoms with Crippen LogP contribution in [-0.2, 0) is 6.54 Å². The first kappa shape index (κ1) is 18.5. The van der Waals surface area contributed by atoms with Gasteiger partial charge in [0.05, 0.1) is 3.79 Å². The molecular formula is C19H21BrN4O2S. The van der Waals surface area contributed by atoms with Crippen LogP contribution in [0.2, 0.25) is 0 Å². The van der Waals surface area contributed by atoms with Gasteiger partial charge in [0.25, 0.3) is 5.91 Å². The van der Waals surface area contributed by atoms with Gasteiger partial charge in [0, 0.05) is 61.9 Å². The van der Waals surface area contributed by atoms with Crippen molar-refractivity contribution >= 4 is 44.9 Å². The zero-order valence-corrected chi connectivity index (χ0v) is 17.3. The quantitative estimate of drug-likeness (QED) is 0.781. The van der Waals surface area contributed by atoms with Crippen LogP contribution in [0.1, 0.15) is 15.2 Å². The molecule has 2 fully saturated rings. The summed E-state index contributed by atoms with van der Waals surface area (Å²) in [5.41, 5.74) is 1.50. The summed E-state index contributed by atoms with van der Waals surface area (Å²) in [6.45, 7) is 5.50. The summed E-state index contributed by atoms with van der Waals surface area (Å²) in [5.74, 6) is 0.0611. The number of amides is 3. The van der Waals surface area contributed by atoms with Gasteiger partial charge in [-0.2, -0.15) is 0 Å². The number of hydrogen-bond acceptors (Lipinski definition) is 4. The highest BCUT2D eigenvalue weighted by atomic mass is 79.9. The molecule has 0 saturated carbocycles. The standard InChI is InChI=1S/C19H21BrN4O2S/c20-17-6-5-16(27-17)13-22-9-11-23(12-10-22)18(25)14-1-3-15(4-2-14)24-8-7-21-19(24)26/h1-6H,7-13H2,(H,21,26). The van der Waals surface area contributed by atoms with Crippen LogP contribution in [0, 0.1) is 0 Å². The van der Waals surface area contributed by atoms with Gasteiger partial charge in [-0.05, 0) is 52.3 Å². The first-order valence-electron chi connectivity index (χ1n) is 9.01. The van der Waals surface area contributed by atoms with Gasteiger partial charge in [0.1, 0.15) is 0 Å². The maximum Gasteiger partial charge on any atom is 0.321 e. The number of hydrogen-bond donors (Lipinski definition) is 1. The highest BCUT2D eigenvalue weighted by Crippen LogP contribution is 2.24. The van der Waals surface area contributed by atoms with Gasteiger partial charge in [-0.1, -0.05) is 0 Å². The number of benzene rings is 1. The minimum atomic E-state index is -0.0806. The van der Waals surface area contributed by atoms with E-state index < -0.39 is 0 Å². The number of nitrogens with zero attached hydrogens (tertiary/aromatic N) is 3. The largest absolute Gasteiger partial charge is 0.336 e. The van der Waals surface area contributed by atoms with Gasteiger partial charge in [-0.15, -0.1) is 11.3 Å². The third kappa shape index (κ3) is 4.17. The molecule has 2 saturated heterocycles. The summed E-state index contributed by atoms with van der Waals surface area (Å²) in [4.78, 5) is 31.8. The van der Waals surface area contributed by atoms with Crippen LogP contribution in [0.5, 0.6) is 0 Å². The van der Waals surface area contributed by atoms with E-state index in [0.717, 1.165) is 42.2 Å². The Morgan fingerprint density at radius 3 is 2.37 bits per heavy atom. The molecule has 1 aromatic carbocycles. The second-order valence-corrected chi connectivity index (χ2v) is 9.25. The lowest BCUT2D eigenvalue weighted by Crippen LogP contribution is -2.48. The molecule has 4 rings (SSSR count). The molecule has 27 heavy (non-hydrogen) atoms. The van der Waals surface area contributed by atoms with E-state index in [-0.39, 0.29) is 11.9 Å². The number of piperazine rings is 1. The Hall–Kier alpha value is -1.90. The predicted molar refractivity (Wildman–Crippen MR) is 110 cm³/mol. The zero-order chi connectivity index (χ0) is 18.8. The average molecular weight is 449 g/mol. The normalized spacial score (nSPS) is 18.0. The molecule has 8 heteroatoms. The number of halogens is 1. The number of carbonyl (C=O) groups excluding carboxylic acids is 2. The van der Waals surface area contributed by atoms with Crippen molar-refractivity contribution in [3.05, 3.63) is 50.6 Å². The number of thiophene rings is 1. The third-order valence-electron chi connectivity index (χ3n) is 4.95. The Morgan fingerprint density at radius 2 is 1.78 bits per heavy atom. The van der Waals surface area contributed by atoms with Crippen LogP contribution < -0.4 is 10.2 Å². The van der Waals surface area contributed by atoms with E-state index in [1.54, 1.807) is 16.2 Å². The molecule has 0 bridgehead atoms. The summed E-state index contributed by atoms with van der Waals surface area (Å²) < 4.78 is 1.15. The molecule has 1 aromatic heterocycles. The molecule has 0 spiro atoms. The first-order valence-corrected chi connectivity index (χ1v) is 10.6. The van der Waals surface area contributed by atoms with E-state index in [1.165, 1.54) is 4.88 Å². The number of rotatable bonds is 4. The van der Waals surface area contributed by atoms with E-state index >= 15 is 0 Å². The highest BCUT2D eigenvalue weighted by Gasteiger charge is 2.24. The Balaban J connectivity index is 1.33. The van der Waals surface area contributed by atoms with Crippen LogP contribution in [-0.4, -0.2) is 61.0 Å². The average Bonchev–Trinajstić information content (AvgIpc) is 3.30. The smallest absolute Gasteiger partial charge is 0.321 e. The molecule has 2 aromatic rings. The lowest BCUT2D eigenvalue weighted by molar-refractivity contribution is 0.0629. The summed E-state index contributed by atoms with van der Waals surface area (Å²) in [6, 6.07) is 11.5. The molecule has 0 radical (unpaired) electrons. The molecule has 0 aliphatic carbocycles. The van der Waals surface area contributed by atoms with Crippen molar-refractivity contribution in [3.8, 4) is 0 Å². The van der Waals surface area contributed by atoms with Crippen molar-refractivity contribution in [2.45, 2.75) is 6.54 Å². The van der Waals surface area contributed by atoms with Gasteiger partial charge >= 0.3 is 6.03 Å². The minimum absolute atomic E-state index is 0.0611. The maximum atomic E-state index is 12.8. The van der Waals surface area contributed by atoms with Crippen LogP contribution in [0.15, 0.2) is 40.2 Å². The van der Waals surface area contributed by atoms with Crippen molar-refractivity contribution in [1.82, 2.24) is 15.1 Å². The molecule has 1 N–H and O–H groups in total. The van der Waals surface area contributed by atoms with Crippen molar-refractivity contribution in [2.24, 2.45) is 0 Å². The molecular weight excluding hydrogens is 428 g/mol. The predicted octanol–water partition coefficient (Wildman–Crippen LogP) is 3.00. The molecule has 142 valence electrons. The lowest BCUT2D eigenvalue weighted by atomic mass is 10.1. The Bertz CT molecular complexity index is 830. The Morgan fingerprint density at radius 1 is 1.04 bits per heavy atom. The summed E-state index contributed by atoms with van der Waals surface area (Å²) in [7, 11) is 0. The van der Waals surface area contributed by atoms with Crippen molar-refractivity contribution < 1.29 is 9.59 Å². The van der Waals surface area contributed by atoms with E-state index in [0.29, 0.717) is 18.7 Å². The first-order chi connectivity index (χ1) is 13.1. The van der Waals surface area contributed by atoms with Gasteiger partial charge in [-0.3, -0.25) is 14.6 Å². The fraction of sp³-hybridized carbons (Fsp3) is 0.368. The number of urea groups is 1. The van der Waals surface area contributed by atoms with Crippen LogP contribution >= 0.6 is 27.3 Å². The number of anilines is 1. The molecule has 0 unspecified atom stereocenters. The van der Waals surface area contributed by atoms with Crippen LogP contribution in [0.3, 0.4) is 0 Å². The zero-order valence-electron chi connectivity index (χ0n) is 14.9. The monoisotopic (exact) mass is 448 g/mol. The molecule has 3 heterocycles. The maximum absolute atomic E-state index is 12.8. The number of nitrogens with one attached hydrogen (secondary N) is 1. The number of carbonyl (C=O) groups is 2. The van der Waals surface area contributed by atoms with Crippen molar-refractivity contribution in [2.75, 3.05) is 44.2 Å².